The highest BCUT2D eigenvalue weighted by atomic mass is 32.2. The van der Waals surface area contributed by atoms with Gasteiger partial charge in [-0.3, -0.25) is 9.35 Å². The molecule has 0 aliphatic rings. The Morgan fingerprint density at radius 3 is 1.82 bits per heavy atom. The summed E-state index contributed by atoms with van der Waals surface area (Å²) in [6.45, 7) is -2.18. The first kappa shape index (κ1) is 30.8. The lowest BCUT2D eigenvalue weighted by molar-refractivity contribution is -0.348. The monoisotopic (exact) mass is 535 g/mol. The van der Waals surface area contributed by atoms with E-state index in [0.29, 0.717) is 5.32 Å². The molecule has 0 heterocycles. The lowest BCUT2D eigenvalue weighted by Gasteiger charge is -2.33. The summed E-state index contributed by atoms with van der Waals surface area (Å²) >= 11 is 0. The Balaban J connectivity index is 5.86. The Morgan fingerprint density at radius 2 is 1.45 bits per heavy atom. The number of hydrogen-bond acceptors (Lipinski definition) is 6. The number of esters is 1. The maximum Gasteiger partial charge on any atom is 0.466 e. The van der Waals surface area contributed by atoms with Gasteiger partial charge in [-0.05, 0) is 6.42 Å². The fourth-order valence-corrected chi connectivity index (χ4v) is 2.22. The average molecular weight is 535 g/mol. The Kier molecular flexibility index (Phi) is 9.28. The van der Waals surface area contributed by atoms with Crippen LogP contribution in [0.5, 0.6) is 0 Å². The van der Waals surface area contributed by atoms with Crippen molar-refractivity contribution in [3.8, 4) is 0 Å². The smallest absolute Gasteiger partial charge is 0.410 e. The Morgan fingerprint density at radius 1 is 0.970 bits per heavy atom. The molecule has 1 unspecified atom stereocenters. The minimum Gasteiger partial charge on any atom is -0.410 e. The lowest BCUT2D eigenvalue weighted by atomic mass is 10.2. The van der Waals surface area contributed by atoms with Crippen molar-refractivity contribution in [1.82, 2.24) is 5.32 Å². The largest absolute Gasteiger partial charge is 0.466 e. The SMILES string of the molecule is C=C(F)C(=O)OC(OCCCC(F)(F)C(F)(F)S(=O)(=O)O)(C(=O)NCC(F)(F)F)C(F)(F)F. The molecule has 20 heteroatoms. The maximum absolute atomic E-state index is 13.4. The van der Waals surface area contributed by atoms with Crippen LogP contribution in [0, 0.1) is 0 Å². The van der Waals surface area contributed by atoms with Gasteiger partial charge in [0.1, 0.15) is 6.54 Å². The molecule has 1 amide bonds. The fourth-order valence-electron chi connectivity index (χ4n) is 1.74. The number of rotatable bonds is 11. The summed E-state index contributed by atoms with van der Waals surface area (Å²) in [6.07, 6.45) is -15.6. The highest BCUT2D eigenvalue weighted by Gasteiger charge is 2.67. The van der Waals surface area contributed by atoms with Gasteiger partial charge in [0.25, 0.3) is 0 Å². The van der Waals surface area contributed by atoms with Crippen molar-refractivity contribution in [2.24, 2.45) is 0 Å². The van der Waals surface area contributed by atoms with Crippen molar-refractivity contribution >= 4 is 22.0 Å². The molecule has 0 saturated carbocycles. The summed E-state index contributed by atoms with van der Waals surface area (Å²) in [5.74, 6) is -18.6. The summed E-state index contributed by atoms with van der Waals surface area (Å²) < 4.78 is 178. The Labute approximate surface area is 176 Å². The van der Waals surface area contributed by atoms with Gasteiger partial charge in [0.15, 0.2) is 0 Å². The molecule has 0 radical (unpaired) electrons. The molecule has 0 fully saturated rings. The minimum absolute atomic E-state index is 0.597. The first-order chi connectivity index (χ1) is 14.4. The molecule has 1 atom stereocenters. The van der Waals surface area contributed by atoms with Gasteiger partial charge >= 0.3 is 51.3 Å². The molecule has 33 heavy (non-hydrogen) atoms. The first-order valence-corrected chi connectivity index (χ1v) is 9.21. The molecule has 0 aromatic heterocycles. The van der Waals surface area contributed by atoms with Crippen LogP contribution in [0.15, 0.2) is 12.4 Å². The van der Waals surface area contributed by atoms with E-state index in [1.807, 2.05) is 0 Å². The number of carbonyl (C=O) groups is 2. The van der Waals surface area contributed by atoms with Crippen molar-refractivity contribution in [3.05, 3.63) is 12.4 Å². The third kappa shape index (κ3) is 7.66. The quantitative estimate of drug-likeness (QED) is 0.104. The Hall–Kier alpha value is -2.22. The van der Waals surface area contributed by atoms with Crippen LogP contribution in [0.2, 0.25) is 0 Å². The molecular formula is C13H12F11NO7S. The van der Waals surface area contributed by atoms with Crippen LogP contribution in [-0.2, 0) is 29.2 Å². The zero-order valence-corrected chi connectivity index (χ0v) is 16.3. The number of nitrogens with one attached hydrogen (secondary N) is 1. The van der Waals surface area contributed by atoms with Crippen molar-refractivity contribution < 1.29 is 80.3 Å². The number of ether oxygens (including phenoxy) is 2. The minimum atomic E-state index is -6.70. The second-order valence-corrected chi connectivity index (χ2v) is 7.32. The van der Waals surface area contributed by atoms with Crippen LogP contribution in [0.3, 0.4) is 0 Å². The number of carbonyl (C=O) groups excluding carboxylic acids is 2. The zero-order valence-electron chi connectivity index (χ0n) is 15.5. The van der Waals surface area contributed by atoms with Crippen molar-refractivity contribution in [2.45, 2.75) is 42.2 Å². The molecule has 0 spiro atoms. The molecule has 0 saturated heterocycles. The van der Waals surface area contributed by atoms with E-state index in [4.69, 9.17) is 4.55 Å². The summed E-state index contributed by atoms with van der Waals surface area (Å²) in [6, 6.07) is 0. The van der Waals surface area contributed by atoms with E-state index in [9.17, 15) is 66.3 Å². The predicted molar refractivity (Wildman–Crippen MR) is 80.8 cm³/mol. The van der Waals surface area contributed by atoms with Crippen molar-refractivity contribution in [1.29, 1.82) is 0 Å². The van der Waals surface area contributed by atoms with E-state index in [1.165, 1.54) is 0 Å². The second kappa shape index (κ2) is 9.95. The van der Waals surface area contributed by atoms with Gasteiger partial charge in [0.05, 0.1) is 6.61 Å². The number of amides is 1. The van der Waals surface area contributed by atoms with Gasteiger partial charge < -0.3 is 14.8 Å². The topological polar surface area (TPSA) is 119 Å². The third-order valence-corrected chi connectivity index (χ3v) is 4.22. The first-order valence-electron chi connectivity index (χ1n) is 7.77. The number of hydrogen-bond donors (Lipinski definition) is 2. The van der Waals surface area contributed by atoms with Crippen molar-refractivity contribution in [3.63, 3.8) is 0 Å². The molecule has 0 bridgehead atoms. The van der Waals surface area contributed by atoms with Crippen LogP contribution >= 0.6 is 0 Å². The molecule has 2 N–H and O–H groups in total. The maximum atomic E-state index is 13.4. The zero-order chi connectivity index (χ0) is 26.7. The van der Waals surface area contributed by atoms with Gasteiger partial charge in [0, 0.05) is 6.42 Å². The highest BCUT2D eigenvalue weighted by molar-refractivity contribution is 7.87. The van der Waals surface area contributed by atoms with Crippen LogP contribution in [0.25, 0.3) is 0 Å². The van der Waals surface area contributed by atoms with Gasteiger partial charge in [0.2, 0.25) is 5.83 Å². The van der Waals surface area contributed by atoms with E-state index >= 15 is 0 Å². The van der Waals surface area contributed by atoms with Crippen LogP contribution < -0.4 is 5.32 Å². The number of halogens is 11. The summed E-state index contributed by atoms with van der Waals surface area (Å²) in [4.78, 5) is 22.9. The van der Waals surface area contributed by atoms with Crippen LogP contribution in [0.4, 0.5) is 48.3 Å². The number of alkyl halides is 10. The van der Waals surface area contributed by atoms with E-state index in [2.05, 4.69) is 16.1 Å². The second-order valence-electron chi connectivity index (χ2n) is 5.85. The molecule has 8 nitrogen and oxygen atoms in total. The summed E-state index contributed by atoms with van der Waals surface area (Å²) in [7, 11) is -6.70. The summed E-state index contributed by atoms with van der Waals surface area (Å²) in [5, 5.41) is -5.52. The van der Waals surface area contributed by atoms with Gasteiger partial charge in [-0.15, -0.1) is 0 Å². The Bertz CT molecular complexity index is 854. The highest BCUT2D eigenvalue weighted by Crippen LogP contribution is 2.42. The molecule has 0 aliphatic heterocycles. The molecule has 0 aromatic rings. The van der Waals surface area contributed by atoms with Gasteiger partial charge in [-0.1, -0.05) is 6.58 Å². The third-order valence-electron chi connectivity index (χ3n) is 3.27. The molecule has 0 aromatic carbocycles. The van der Waals surface area contributed by atoms with Crippen LogP contribution in [0.1, 0.15) is 12.8 Å². The van der Waals surface area contributed by atoms with E-state index in [-0.39, 0.29) is 0 Å². The molecule has 0 aliphatic carbocycles. The van der Waals surface area contributed by atoms with Gasteiger partial charge in [-0.25, -0.2) is 4.79 Å². The molecule has 194 valence electrons. The fraction of sp³-hybridized carbons (Fsp3) is 0.692. The molecule has 0 rings (SSSR count). The van der Waals surface area contributed by atoms with E-state index in [1.54, 1.807) is 0 Å². The molecular weight excluding hydrogens is 523 g/mol. The van der Waals surface area contributed by atoms with E-state index in [0.717, 1.165) is 0 Å². The van der Waals surface area contributed by atoms with Crippen molar-refractivity contribution in [2.75, 3.05) is 13.2 Å². The predicted octanol–water partition coefficient (Wildman–Crippen LogP) is 2.86. The lowest BCUT2D eigenvalue weighted by Crippen LogP contribution is -2.62. The normalized spacial score (nSPS) is 15.5. The average Bonchev–Trinajstić information content (AvgIpc) is 2.59. The standard InChI is InChI=1S/C13H12F11NO7S/c1-6(14)7(26)32-11(12(20,21)22,8(27)25-5-10(17,18)19)31-4-2-3-9(15,16)13(23,24)33(28,29)30/h1-5H2,(H,25,27)(H,28,29,30). The summed E-state index contributed by atoms with van der Waals surface area (Å²) in [5.41, 5.74) is 0. The van der Waals surface area contributed by atoms with Crippen LogP contribution in [-0.4, -0.2) is 67.3 Å². The van der Waals surface area contributed by atoms with E-state index < -0.39 is 83.1 Å². The van der Waals surface area contributed by atoms with Gasteiger partial charge in [-0.2, -0.15) is 56.7 Å².